The first-order valence-electron chi connectivity index (χ1n) is 9.24. The van der Waals surface area contributed by atoms with E-state index in [0.29, 0.717) is 16.3 Å². The van der Waals surface area contributed by atoms with E-state index < -0.39 is 22.0 Å². The smallest absolute Gasteiger partial charge is 0.295 e. The monoisotopic (exact) mass is 434 g/mol. The third-order valence-corrected chi connectivity index (χ3v) is 6.67. The van der Waals surface area contributed by atoms with E-state index in [1.807, 2.05) is 0 Å². The second kappa shape index (κ2) is 7.63. The summed E-state index contributed by atoms with van der Waals surface area (Å²) >= 11 is 0. The molecule has 158 valence electrons. The predicted octanol–water partition coefficient (Wildman–Crippen LogP) is 4.07. The van der Waals surface area contributed by atoms with Gasteiger partial charge in [-0.2, -0.15) is 0 Å². The molecule has 1 atom stereocenters. The summed E-state index contributed by atoms with van der Waals surface area (Å²) in [4.78, 5) is 23.2. The number of aromatic nitrogens is 3. The van der Waals surface area contributed by atoms with Crippen LogP contribution in [-0.4, -0.2) is 38.4 Å². The number of hydrogen-bond donors (Lipinski definition) is 3. The van der Waals surface area contributed by atoms with E-state index in [2.05, 4.69) is 29.9 Å². The first-order chi connectivity index (χ1) is 14.3. The molecule has 4 rings (SSSR count). The lowest BCUT2D eigenvalue weighted by molar-refractivity contribution is -0.117. The Balaban J connectivity index is 1.81. The first kappa shape index (κ1) is 20.2. The maximum atomic E-state index is 13.2. The van der Waals surface area contributed by atoms with E-state index in [-0.39, 0.29) is 28.8 Å². The van der Waals surface area contributed by atoms with Crippen LogP contribution in [0.2, 0.25) is 0 Å². The van der Waals surface area contributed by atoms with Crippen LogP contribution < -0.4 is 10.6 Å². The SMILES string of the molecule is CN=[S@](C)(=O)c1ccccc1Nc1cc(NC(=O)C2CC2)nc2nc(C(F)F)[nH]c12. The van der Waals surface area contributed by atoms with Crippen molar-refractivity contribution in [3.8, 4) is 0 Å². The Kier molecular flexibility index (Phi) is 5.14. The van der Waals surface area contributed by atoms with Crippen molar-refractivity contribution in [1.82, 2.24) is 15.0 Å². The second-order valence-electron chi connectivity index (χ2n) is 7.05. The van der Waals surface area contributed by atoms with Crippen LogP contribution in [0.5, 0.6) is 0 Å². The van der Waals surface area contributed by atoms with Gasteiger partial charge in [0.05, 0.1) is 26.0 Å². The van der Waals surface area contributed by atoms with Crippen LogP contribution in [0.4, 0.5) is 26.0 Å². The molecule has 2 aromatic heterocycles. The molecule has 11 heteroatoms. The number of hydrogen-bond acceptors (Lipinski definition) is 6. The quantitative estimate of drug-likeness (QED) is 0.541. The molecule has 0 unspecified atom stereocenters. The highest BCUT2D eigenvalue weighted by Crippen LogP contribution is 2.33. The summed E-state index contributed by atoms with van der Waals surface area (Å²) in [5.41, 5.74) is 1.15. The number of carbonyl (C=O) groups excluding carboxylic acids is 1. The summed E-state index contributed by atoms with van der Waals surface area (Å²) in [6.45, 7) is 0. The molecular weight excluding hydrogens is 414 g/mol. The van der Waals surface area contributed by atoms with Crippen LogP contribution >= 0.6 is 0 Å². The molecule has 1 aliphatic carbocycles. The summed E-state index contributed by atoms with van der Waals surface area (Å²) in [6, 6.07) is 8.42. The number of imidazole rings is 1. The average Bonchev–Trinajstić information content (AvgIpc) is 3.47. The lowest BCUT2D eigenvalue weighted by Crippen LogP contribution is -2.14. The molecule has 2 heterocycles. The lowest BCUT2D eigenvalue weighted by Gasteiger charge is -2.14. The number of anilines is 3. The van der Waals surface area contributed by atoms with Crippen LogP contribution in [-0.2, 0) is 14.5 Å². The molecule has 30 heavy (non-hydrogen) atoms. The van der Waals surface area contributed by atoms with Gasteiger partial charge in [-0.25, -0.2) is 27.3 Å². The summed E-state index contributed by atoms with van der Waals surface area (Å²) < 4.78 is 43.2. The van der Waals surface area contributed by atoms with Gasteiger partial charge in [0.2, 0.25) is 5.91 Å². The van der Waals surface area contributed by atoms with Gasteiger partial charge in [0, 0.05) is 25.3 Å². The number of benzene rings is 1. The van der Waals surface area contributed by atoms with Crippen LogP contribution in [0.15, 0.2) is 39.6 Å². The molecule has 3 N–H and O–H groups in total. The van der Waals surface area contributed by atoms with Crippen molar-refractivity contribution < 1.29 is 17.8 Å². The second-order valence-corrected chi connectivity index (χ2v) is 9.46. The fraction of sp³-hybridized carbons (Fsp3) is 0.316. The first-order valence-corrected chi connectivity index (χ1v) is 11.2. The van der Waals surface area contributed by atoms with Crippen molar-refractivity contribution in [3.05, 3.63) is 36.2 Å². The third-order valence-electron chi connectivity index (χ3n) is 4.80. The normalized spacial score (nSPS) is 15.8. The molecule has 8 nitrogen and oxygen atoms in total. The number of rotatable bonds is 6. The van der Waals surface area contributed by atoms with Gasteiger partial charge in [-0.05, 0) is 25.0 Å². The highest BCUT2D eigenvalue weighted by molar-refractivity contribution is 7.93. The number of aromatic amines is 1. The number of halogens is 2. The summed E-state index contributed by atoms with van der Waals surface area (Å²) in [6.07, 6.45) is 0.338. The summed E-state index contributed by atoms with van der Waals surface area (Å²) in [7, 11) is -1.19. The fourth-order valence-corrected chi connectivity index (χ4v) is 4.04. The average molecular weight is 434 g/mol. The topological polar surface area (TPSA) is 112 Å². The van der Waals surface area contributed by atoms with Crippen LogP contribution in [0.3, 0.4) is 0 Å². The van der Waals surface area contributed by atoms with Gasteiger partial charge in [0.15, 0.2) is 11.5 Å². The highest BCUT2D eigenvalue weighted by Gasteiger charge is 2.30. The Morgan fingerprint density at radius 2 is 2.00 bits per heavy atom. The van der Waals surface area contributed by atoms with E-state index in [1.54, 1.807) is 24.3 Å². The molecule has 0 bridgehead atoms. The van der Waals surface area contributed by atoms with Crippen molar-refractivity contribution >= 4 is 44.0 Å². The minimum atomic E-state index is -2.81. The number of H-pyrrole nitrogens is 1. The van der Waals surface area contributed by atoms with E-state index >= 15 is 0 Å². The Morgan fingerprint density at radius 1 is 1.27 bits per heavy atom. The van der Waals surface area contributed by atoms with Crippen molar-refractivity contribution in [3.63, 3.8) is 0 Å². The molecule has 0 radical (unpaired) electrons. The van der Waals surface area contributed by atoms with E-state index in [0.717, 1.165) is 12.8 Å². The van der Waals surface area contributed by atoms with Gasteiger partial charge in [-0.15, -0.1) is 0 Å². The van der Waals surface area contributed by atoms with E-state index in [4.69, 9.17) is 0 Å². The molecule has 1 saturated carbocycles. The molecule has 1 aromatic carbocycles. The molecule has 0 spiro atoms. The van der Waals surface area contributed by atoms with Gasteiger partial charge in [-0.3, -0.25) is 4.79 Å². The van der Waals surface area contributed by atoms with Crippen molar-refractivity contribution in [1.29, 1.82) is 0 Å². The molecular formula is C19H20F2N6O2S. The van der Waals surface area contributed by atoms with Crippen LogP contribution in [0.1, 0.15) is 25.1 Å². The number of para-hydroxylation sites is 1. The van der Waals surface area contributed by atoms with Gasteiger partial charge in [-0.1, -0.05) is 12.1 Å². The largest absolute Gasteiger partial charge is 0.353 e. The molecule has 1 amide bonds. The number of nitrogens with zero attached hydrogens (tertiary/aromatic N) is 3. The predicted molar refractivity (Wildman–Crippen MR) is 111 cm³/mol. The van der Waals surface area contributed by atoms with Gasteiger partial charge < -0.3 is 15.6 Å². The summed E-state index contributed by atoms with van der Waals surface area (Å²) in [5.74, 6) is -0.544. The molecule has 0 saturated heterocycles. The zero-order chi connectivity index (χ0) is 21.5. The number of fused-ring (bicyclic) bond motifs is 1. The third kappa shape index (κ3) is 3.97. The van der Waals surface area contributed by atoms with Gasteiger partial charge >= 0.3 is 0 Å². The fourth-order valence-electron chi connectivity index (χ4n) is 2.99. The van der Waals surface area contributed by atoms with E-state index in [9.17, 15) is 17.8 Å². The highest BCUT2D eigenvalue weighted by atomic mass is 32.2. The number of amides is 1. The zero-order valence-electron chi connectivity index (χ0n) is 16.3. The number of carbonyl (C=O) groups is 1. The Hall–Kier alpha value is -3.08. The summed E-state index contributed by atoms with van der Waals surface area (Å²) in [5, 5.41) is 5.83. The minimum absolute atomic E-state index is 0.0382. The number of pyridine rings is 1. The zero-order valence-corrected chi connectivity index (χ0v) is 17.1. The Morgan fingerprint density at radius 3 is 2.67 bits per heavy atom. The van der Waals surface area contributed by atoms with Crippen LogP contribution in [0.25, 0.3) is 11.2 Å². The standard InChI is InChI=1S/C19H20F2N6O2S/c1-22-30(2,29)13-6-4-3-5-11(13)23-12-9-14(25-19(28)10-7-8-10)24-17-15(12)26-18(27-17)16(20)21/h3-6,9-10,16H,7-8H2,1-2H3,(H3,23,24,25,26,27,28)/t30-/m1/s1. The van der Waals surface area contributed by atoms with Crippen LogP contribution in [0, 0.1) is 5.92 Å². The number of nitrogens with one attached hydrogen (secondary N) is 3. The number of alkyl halides is 2. The minimum Gasteiger partial charge on any atom is -0.353 e. The Bertz CT molecular complexity index is 1250. The lowest BCUT2D eigenvalue weighted by atomic mass is 10.2. The van der Waals surface area contributed by atoms with Gasteiger partial charge in [0.1, 0.15) is 11.3 Å². The van der Waals surface area contributed by atoms with Crippen molar-refractivity contribution in [2.75, 3.05) is 23.9 Å². The molecule has 0 aliphatic heterocycles. The molecule has 1 fully saturated rings. The van der Waals surface area contributed by atoms with E-state index in [1.165, 1.54) is 19.4 Å². The van der Waals surface area contributed by atoms with Crippen molar-refractivity contribution in [2.24, 2.45) is 10.3 Å². The Labute approximate surface area is 171 Å². The van der Waals surface area contributed by atoms with Gasteiger partial charge in [0.25, 0.3) is 6.43 Å². The maximum absolute atomic E-state index is 13.2. The molecule has 3 aromatic rings. The van der Waals surface area contributed by atoms with Crippen molar-refractivity contribution in [2.45, 2.75) is 24.2 Å². The maximum Gasteiger partial charge on any atom is 0.295 e. The molecule has 1 aliphatic rings.